The second-order valence-electron chi connectivity index (χ2n) is 3.94. The molecule has 1 aliphatic carbocycles. The van der Waals surface area contributed by atoms with E-state index in [0.29, 0.717) is 0 Å². The number of hydrogen-bond acceptors (Lipinski definition) is 1. The quantitative estimate of drug-likeness (QED) is 0.552. The molecule has 2 rings (SSSR count). The molecule has 1 fully saturated rings. The molecular formula is C13H17N. The average Bonchev–Trinajstić information content (AvgIpc) is 3.02. The SMILES string of the molecule is C=CCNCc1cccc(C2CC2)c1. The topological polar surface area (TPSA) is 12.0 Å². The van der Waals surface area contributed by atoms with Crippen LogP contribution < -0.4 is 5.32 Å². The fraction of sp³-hybridized carbons (Fsp3) is 0.385. The lowest BCUT2D eigenvalue weighted by Gasteiger charge is -2.04. The van der Waals surface area contributed by atoms with Gasteiger partial charge in [-0.05, 0) is 29.9 Å². The van der Waals surface area contributed by atoms with E-state index < -0.39 is 0 Å². The maximum Gasteiger partial charge on any atom is 0.0208 e. The normalized spacial score (nSPS) is 15.4. The molecule has 1 aromatic rings. The second-order valence-corrected chi connectivity index (χ2v) is 3.94. The summed E-state index contributed by atoms with van der Waals surface area (Å²) in [5, 5.41) is 3.32. The van der Waals surface area contributed by atoms with Crippen molar-refractivity contribution in [2.24, 2.45) is 0 Å². The van der Waals surface area contributed by atoms with Crippen molar-refractivity contribution in [3.63, 3.8) is 0 Å². The van der Waals surface area contributed by atoms with Crippen molar-refractivity contribution in [2.45, 2.75) is 25.3 Å². The maximum absolute atomic E-state index is 3.69. The molecule has 1 heteroatoms. The van der Waals surface area contributed by atoms with E-state index in [4.69, 9.17) is 0 Å². The zero-order valence-electron chi connectivity index (χ0n) is 8.50. The highest BCUT2D eigenvalue weighted by Crippen LogP contribution is 2.40. The highest BCUT2D eigenvalue weighted by atomic mass is 14.8. The summed E-state index contributed by atoms with van der Waals surface area (Å²) in [6, 6.07) is 8.92. The number of nitrogens with one attached hydrogen (secondary N) is 1. The molecule has 1 N–H and O–H groups in total. The van der Waals surface area contributed by atoms with E-state index >= 15 is 0 Å². The average molecular weight is 187 g/mol. The first-order valence-electron chi connectivity index (χ1n) is 5.30. The summed E-state index contributed by atoms with van der Waals surface area (Å²) in [7, 11) is 0. The fourth-order valence-electron chi connectivity index (χ4n) is 1.69. The first kappa shape index (κ1) is 9.47. The minimum atomic E-state index is 0.856. The summed E-state index contributed by atoms with van der Waals surface area (Å²) in [6.45, 7) is 5.52. The Morgan fingerprint density at radius 3 is 3.00 bits per heavy atom. The molecule has 74 valence electrons. The van der Waals surface area contributed by atoms with Crippen molar-refractivity contribution >= 4 is 0 Å². The molecule has 0 aliphatic heterocycles. The van der Waals surface area contributed by atoms with Gasteiger partial charge in [-0.1, -0.05) is 30.3 Å². The third kappa shape index (κ3) is 2.46. The molecule has 0 saturated heterocycles. The third-order valence-electron chi connectivity index (χ3n) is 2.62. The van der Waals surface area contributed by atoms with E-state index in [-0.39, 0.29) is 0 Å². The van der Waals surface area contributed by atoms with E-state index in [1.165, 1.54) is 24.0 Å². The highest BCUT2D eigenvalue weighted by Gasteiger charge is 2.23. The van der Waals surface area contributed by atoms with Crippen LogP contribution in [-0.2, 0) is 6.54 Å². The van der Waals surface area contributed by atoms with Crippen LogP contribution >= 0.6 is 0 Å². The smallest absolute Gasteiger partial charge is 0.0208 e. The van der Waals surface area contributed by atoms with Gasteiger partial charge < -0.3 is 5.32 Å². The predicted octanol–water partition coefficient (Wildman–Crippen LogP) is 2.84. The van der Waals surface area contributed by atoms with Crippen molar-refractivity contribution in [1.82, 2.24) is 5.32 Å². The molecule has 0 radical (unpaired) electrons. The fourth-order valence-corrected chi connectivity index (χ4v) is 1.69. The van der Waals surface area contributed by atoms with Crippen LogP contribution in [0.3, 0.4) is 0 Å². The zero-order valence-corrected chi connectivity index (χ0v) is 8.50. The minimum absolute atomic E-state index is 0.856. The second kappa shape index (κ2) is 4.43. The Balaban J connectivity index is 1.95. The van der Waals surface area contributed by atoms with Crippen LogP contribution in [0.4, 0.5) is 0 Å². The van der Waals surface area contributed by atoms with E-state index in [9.17, 15) is 0 Å². The Bertz CT molecular complexity index is 313. The molecule has 0 bridgehead atoms. The minimum Gasteiger partial charge on any atom is -0.309 e. The maximum atomic E-state index is 3.69. The Labute approximate surface area is 85.8 Å². The molecule has 0 aromatic heterocycles. The molecule has 0 heterocycles. The van der Waals surface area contributed by atoms with E-state index in [0.717, 1.165) is 19.0 Å². The molecule has 1 saturated carbocycles. The van der Waals surface area contributed by atoms with Gasteiger partial charge in [-0.2, -0.15) is 0 Å². The Morgan fingerprint density at radius 2 is 2.29 bits per heavy atom. The molecule has 0 amide bonds. The molecule has 0 unspecified atom stereocenters. The van der Waals surface area contributed by atoms with Crippen LogP contribution in [0.1, 0.15) is 29.9 Å². The third-order valence-corrected chi connectivity index (χ3v) is 2.62. The van der Waals surface area contributed by atoms with E-state index in [1.54, 1.807) is 0 Å². The van der Waals surface area contributed by atoms with Crippen molar-refractivity contribution in [2.75, 3.05) is 6.54 Å². The number of benzene rings is 1. The van der Waals surface area contributed by atoms with Gasteiger partial charge in [-0.3, -0.25) is 0 Å². The number of rotatable bonds is 5. The zero-order chi connectivity index (χ0) is 9.80. The van der Waals surface area contributed by atoms with Crippen molar-refractivity contribution in [1.29, 1.82) is 0 Å². The molecule has 0 atom stereocenters. The van der Waals surface area contributed by atoms with Gasteiger partial charge in [0.25, 0.3) is 0 Å². The lowest BCUT2D eigenvalue weighted by atomic mass is 10.1. The van der Waals surface area contributed by atoms with Crippen LogP contribution in [0.15, 0.2) is 36.9 Å². The van der Waals surface area contributed by atoms with Crippen LogP contribution in [0.5, 0.6) is 0 Å². The Hall–Kier alpha value is -1.08. The van der Waals surface area contributed by atoms with Gasteiger partial charge in [-0.25, -0.2) is 0 Å². The van der Waals surface area contributed by atoms with Crippen LogP contribution in [0.2, 0.25) is 0 Å². The lowest BCUT2D eigenvalue weighted by Crippen LogP contribution is -2.12. The summed E-state index contributed by atoms with van der Waals surface area (Å²) in [4.78, 5) is 0. The summed E-state index contributed by atoms with van der Waals surface area (Å²) in [6.07, 6.45) is 4.65. The van der Waals surface area contributed by atoms with Crippen LogP contribution in [-0.4, -0.2) is 6.54 Å². The monoisotopic (exact) mass is 187 g/mol. The van der Waals surface area contributed by atoms with Crippen molar-refractivity contribution in [3.8, 4) is 0 Å². The van der Waals surface area contributed by atoms with Gasteiger partial charge in [-0.15, -0.1) is 6.58 Å². The summed E-state index contributed by atoms with van der Waals surface area (Å²) in [5.41, 5.74) is 2.90. The summed E-state index contributed by atoms with van der Waals surface area (Å²) >= 11 is 0. The molecule has 1 aromatic carbocycles. The van der Waals surface area contributed by atoms with Gasteiger partial charge >= 0.3 is 0 Å². The molecule has 1 nitrogen and oxygen atoms in total. The van der Waals surface area contributed by atoms with Crippen LogP contribution in [0, 0.1) is 0 Å². The summed E-state index contributed by atoms with van der Waals surface area (Å²) in [5.74, 6) is 0.856. The Kier molecular flexibility index (Phi) is 3.00. The van der Waals surface area contributed by atoms with Gasteiger partial charge in [0.2, 0.25) is 0 Å². The van der Waals surface area contributed by atoms with E-state index in [1.807, 2.05) is 6.08 Å². The van der Waals surface area contributed by atoms with Crippen LogP contribution in [0.25, 0.3) is 0 Å². The first-order chi connectivity index (χ1) is 6.90. The standard InChI is InChI=1S/C13H17N/c1-2-8-14-10-11-4-3-5-13(9-11)12-6-7-12/h2-5,9,12,14H,1,6-8,10H2. The van der Waals surface area contributed by atoms with Gasteiger partial charge in [0.05, 0.1) is 0 Å². The van der Waals surface area contributed by atoms with E-state index in [2.05, 4.69) is 36.2 Å². The Morgan fingerprint density at radius 1 is 1.43 bits per heavy atom. The first-order valence-corrected chi connectivity index (χ1v) is 5.30. The van der Waals surface area contributed by atoms with Gasteiger partial charge in [0, 0.05) is 13.1 Å². The van der Waals surface area contributed by atoms with Gasteiger partial charge in [0.15, 0.2) is 0 Å². The molecule has 1 aliphatic rings. The number of hydrogen-bond donors (Lipinski definition) is 1. The predicted molar refractivity (Wildman–Crippen MR) is 60.3 cm³/mol. The van der Waals surface area contributed by atoms with Gasteiger partial charge in [0.1, 0.15) is 0 Å². The van der Waals surface area contributed by atoms with Crippen molar-refractivity contribution in [3.05, 3.63) is 48.0 Å². The lowest BCUT2D eigenvalue weighted by molar-refractivity contribution is 0.759. The largest absolute Gasteiger partial charge is 0.309 e. The molecule has 14 heavy (non-hydrogen) atoms. The van der Waals surface area contributed by atoms with Crippen molar-refractivity contribution < 1.29 is 0 Å². The molecule has 0 spiro atoms. The molecular weight excluding hydrogens is 170 g/mol. The summed E-state index contributed by atoms with van der Waals surface area (Å²) < 4.78 is 0. The highest BCUT2D eigenvalue weighted by molar-refractivity contribution is 5.29.